The number of rotatable bonds is 7. The lowest BCUT2D eigenvalue weighted by atomic mass is 9.95. The minimum absolute atomic E-state index is 0.0551. The number of pyridine rings is 2. The van der Waals surface area contributed by atoms with Gasteiger partial charge in [0.25, 0.3) is 0 Å². The van der Waals surface area contributed by atoms with Crippen molar-refractivity contribution < 1.29 is 33.1 Å². The SMILES string of the molecule is C[C@@H](c1ccc(F)cc1F)N1C(=O)N(C(CC(N)=O)(C(=O)O)N2Cc3c(ccnc3Cl)NC2=O)Cc2c1ccnc2Cl. The Kier molecular flexibility index (Phi) is 7.37. The van der Waals surface area contributed by atoms with Crippen LogP contribution >= 0.6 is 23.2 Å². The number of carbonyl (C=O) groups is 4. The number of aliphatic carboxylic acids is 1. The number of amides is 5. The summed E-state index contributed by atoms with van der Waals surface area (Å²) in [5.74, 6) is -4.76. The fourth-order valence-electron chi connectivity index (χ4n) is 5.26. The summed E-state index contributed by atoms with van der Waals surface area (Å²) in [5, 5.41) is 13.1. The van der Waals surface area contributed by atoms with Crippen LogP contribution in [0.25, 0.3) is 0 Å². The van der Waals surface area contributed by atoms with Crippen molar-refractivity contribution in [1.82, 2.24) is 19.8 Å². The highest BCUT2D eigenvalue weighted by molar-refractivity contribution is 6.31. The molecule has 0 saturated carbocycles. The average Bonchev–Trinajstić information content (AvgIpc) is 2.91. The van der Waals surface area contributed by atoms with E-state index in [0.29, 0.717) is 6.07 Å². The predicted molar refractivity (Wildman–Crippen MR) is 145 cm³/mol. The summed E-state index contributed by atoms with van der Waals surface area (Å²) >= 11 is 12.7. The number of nitrogens with one attached hydrogen (secondary N) is 1. The average molecular weight is 620 g/mol. The third-order valence-electron chi connectivity index (χ3n) is 7.25. The van der Waals surface area contributed by atoms with E-state index in [1.165, 1.54) is 31.5 Å². The van der Waals surface area contributed by atoms with Crippen LogP contribution in [0.3, 0.4) is 0 Å². The van der Waals surface area contributed by atoms with E-state index in [1.807, 2.05) is 0 Å². The highest BCUT2D eigenvalue weighted by Crippen LogP contribution is 2.44. The van der Waals surface area contributed by atoms with Gasteiger partial charge in [0.2, 0.25) is 11.6 Å². The van der Waals surface area contributed by atoms with Gasteiger partial charge in [-0.05, 0) is 25.1 Å². The van der Waals surface area contributed by atoms with Crippen molar-refractivity contribution in [2.45, 2.75) is 38.1 Å². The Morgan fingerprint density at radius 3 is 2.36 bits per heavy atom. The van der Waals surface area contributed by atoms with Crippen LogP contribution in [0.5, 0.6) is 0 Å². The number of carbonyl (C=O) groups excluding carboxylic acids is 3. The van der Waals surface area contributed by atoms with Gasteiger partial charge in [-0.25, -0.2) is 33.1 Å². The Balaban J connectivity index is 1.72. The van der Waals surface area contributed by atoms with E-state index in [4.69, 9.17) is 28.9 Å². The number of nitrogens with two attached hydrogens (primary N) is 1. The van der Waals surface area contributed by atoms with E-state index in [9.17, 15) is 33.1 Å². The lowest BCUT2D eigenvalue weighted by Gasteiger charge is -2.51. The first kappa shape index (κ1) is 29.0. The summed E-state index contributed by atoms with van der Waals surface area (Å²) in [7, 11) is 0. The van der Waals surface area contributed by atoms with Gasteiger partial charge in [0, 0.05) is 35.2 Å². The molecule has 3 aromatic rings. The third kappa shape index (κ3) is 4.61. The van der Waals surface area contributed by atoms with Crippen molar-refractivity contribution in [3.05, 3.63) is 81.4 Å². The first-order valence-corrected chi connectivity index (χ1v) is 13.0. The number of primary amides is 1. The molecule has 1 aromatic carbocycles. The van der Waals surface area contributed by atoms with Crippen LogP contribution in [-0.2, 0) is 22.7 Å². The summed E-state index contributed by atoms with van der Waals surface area (Å²) in [6.45, 7) is 0.418. The second kappa shape index (κ2) is 10.7. The molecule has 0 spiro atoms. The molecule has 0 bridgehead atoms. The number of aromatic nitrogens is 2. The van der Waals surface area contributed by atoms with Gasteiger partial charge in [-0.15, -0.1) is 0 Å². The van der Waals surface area contributed by atoms with E-state index in [2.05, 4.69) is 15.3 Å². The lowest BCUT2D eigenvalue weighted by molar-refractivity contribution is -0.164. The number of urea groups is 2. The Hall–Kier alpha value is -4.56. The number of hydrogen-bond acceptors (Lipinski definition) is 6. The number of carboxylic acids is 1. The van der Waals surface area contributed by atoms with Crippen molar-refractivity contribution in [2.24, 2.45) is 5.73 Å². The molecule has 42 heavy (non-hydrogen) atoms. The molecule has 2 aliphatic heterocycles. The van der Waals surface area contributed by atoms with Gasteiger partial charge < -0.3 is 16.2 Å². The van der Waals surface area contributed by atoms with Crippen LogP contribution in [0.2, 0.25) is 10.3 Å². The van der Waals surface area contributed by atoms with Crippen molar-refractivity contribution in [3.63, 3.8) is 0 Å². The molecule has 218 valence electrons. The molecule has 0 radical (unpaired) electrons. The van der Waals surface area contributed by atoms with Gasteiger partial charge in [0.05, 0.1) is 36.9 Å². The standard InChI is InChI=1S/C26H21Cl2F2N7O5/c1-12(14-3-2-13(29)8-17(14)30)37-19-5-7-33-22(28)16(19)11-36(25(37)42)26(23(39)40,9-20(31)38)35-10-15-18(34-24(35)41)4-6-32-21(15)27/h2-8,12H,9-11H2,1H3,(H2,31,38)(H,34,41)(H,39,40)/t12-,26?/m0/s1. The summed E-state index contributed by atoms with van der Waals surface area (Å²) < 4.78 is 28.6. The number of anilines is 2. The quantitative estimate of drug-likeness (QED) is 0.333. The van der Waals surface area contributed by atoms with Gasteiger partial charge in [-0.1, -0.05) is 29.3 Å². The Labute approximate surface area is 246 Å². The molecule has 0 saturated heterocycles. The number of benzene rings is 1. The normalized spacial score (nSPS) is 16.7. The Morgan fingerprint density at radius 1 is 1.07 bits per heavy atom. The molecule has 0 aliphatic carbocycles. The van der Waals surface area contributed by atoms with Crippen molar-refractivity contribution in [1.29, 1.82) is 0 Å². The van der Waals surface area contributed by atoms with Crippen LogP contribution in [-0.4, -0.2) is 54.5 Å². The highest BCUT2D eigenvalue weighted by Gasteiger charge is 2.58. The Bertz CT molecular complexity index is 1660. The minimum Gasteiger partial charge on any atom is -0.478 e. The fourth-order valence-corrected chi connectivity index (χ4v) is 5.69. The number of fused-ring (bicyclic) bond motifs is 2. The molecular formula is C26H21Cl2F2N7O5. The van der Waals surface area contributed by atoms with Gasteiger partial charge in [-0.2, -0.15) is 0 Å². The number of halogens is 4. The third-order valence-corrected chi connectivity index (χ3v) is 7.91. The minimum atomic E-state index is -2.74. The zero-order valence-electron chi connectivity index (χ0n) is 21.6. The molecule has 0 fully saturated rings. The molecule has 2 aliphatic rings. The van der Waals surface area contributed by atoms with E-state index < -0.39 is 66.8 Å². The first-order chi connectivity index (χ1) is 19.9. The highest BCUT2D eigenvalue weighted by atomic mass is 35.5. The predicted octanol–water partition coefficient (Wildman–Crippen LogP) is 4.27. The summed E-state index contributed by atoms with van der Waals surface area (Å²) in [4.78, 5) is 64.0. The number of hydrogen-bond donors (Lipinski definition) is 3. The molecule has 2 atom stereocenters. The lowest BCUT2D eigenvalue weighted by Crippen LogP contribution is -2.72. The summed E-state index contributed by atoms with van der Waals surface area (Å²) in [6.07, 6.45) is 1.58. The maximum atomic E-state index is 14.9. The van der Waals surface area contributed by atoms with E-state index in [0.717, 1.165) is 26.8 Å². The smallest absolute Gasteiger partial charge is 0.351 e. The maximum Gasteiger partial charge on any atom is 0.351 e. The first-order valence-electron chi connectivity index (χ1n) is 12.3. The van der Waals surface area contributed by atoms with Crippen LogP contribution in [0.15, 0.2) is 42.7 Å². The number of nitrogens with zero attached hydrogens (tertiary/aromatic N) is 5. The molecule has 4 N–H and O–H groups in total. The molecular weight excluding hydrogens is 599 g/mol. The summed E-state index contributed by atoms with van der Waals surface area (Å²) in [5.41, 5.74) is 3.44. The molecule has 5 amide bonds. The van der Waals surface area contributed by atoms with E-state index in [-0.39, 0.29) is 38.4 Å². The van der Waals surface area contributed by atoms with Gasteiger partial charge in [0.15, 0.2) is 0 Å². The largest absolute Gasteiger partial charge is 0.478 e. The second-order valence-electron chi connectivity index (χ2n) is 9.59. The summed E-state index contributed by atoms with van der Waals surface area (Å²) in [6, 6.07) is 2.47. The van der Waals surface area contributed by atoms with Gasteiger partial charge >= 0.3 is 18.0 Å². The molecule has 16 heteroatoms. The van der Waals surface area contributed by atoms with E-state index in [1.54, 1.807) is 0 Å². The van der Waals surface area contributed by atoms with Gasteiger partial charge in [-0.3, -0.25) is 19.5 Å². The van der Waals surface area contributed by atoms with E-state index >= 15 is 0 Å². The second-order valence-corrected chi connectivity index (χ2v) is 10.3. The fraction of sp³-hybridized carbons (Fsp3) is 0.231. The molecule has 2 aromatic heterocycles. The zero-order valence-corrected chi connectivity index (χ0v) is 23.2. The van der Waals surface area contributed by atoms with Crippen molar-refractivity contribution >= 4 is 58.5 Å². The Morgan fingerprint density at radius 2 is 1.71 bits per heavy atom. The monoisotopic (exact) mass is 619 g/mol. The van der Waals surface area contributed by atoms with Gasteiger partial charge in [0.1, 0.15) is 21.9 Å². The molecule has 12 nitrogen and oxygen atoms in total. The van der Waals surface area contributed by atoms with Crippen LogP contribution < -0.4 is 16.0 Å². The van der Waals surface area contributed by atoms with Crippen LogP contribution in [0.1, 0.15) is 36.1 Å². The molecule has 5 rings (SSSR count). The van der Waals surface area contributed by atoms with Crippen LogP contribution in [0, 0.1) is 11.6 Å². The number of carboxylic acid groups (broad SMARTS) is 1. The van der Waals surface area contributed by atoms with Crippen molar-refractivity contribution in [3.8, 4) is 0 Å². The maximum absolute atomic E-state index is 14.9. The van der Waals surface area contributed by atoms with Crippen molar-refractivity contribution in [2.75, 3.05) is 10.2 Å². The molecule has 1 unspecified atom stereocenters. The molecule has 4 heterocycles. The zero-order chi connectivity index (χ0) is 30.5. The topological polar surface area (TPSA) is 162 Å². The van der Waals surface area contributed by atoms with Crippen LogP contribution in [0.4, 0.5) is 29.7 Å².